The van der Waals surface area contributed by atoms with Crippen LogP contribution in [0.4, 0.5) is 0 Å². The number of rotatable bonds is 4. The lowest BCUT2D eigenvalue weighted by Gasteiger charge is -2.13. The van der Waals surface area contributed by atoms with Gasteiger partial charge >= 0.3 is 5.97 Å². The summed E-state index contributed by atoms with van der Waals surface area (Å²) in [5.41, 5.74) is 2.54. The summed E-state index contributed by atoms with van der Waals surface area (Å²) < 4.78 is 6.07. The van der Waals surface area contributed by atoms with E-state index in [-0.39, 0.29) is 6.61 Å². The first-order chi connectivity index (χ1) is 13.5. The smallest absolute Gasteiger partial charge is 0.367 e. The molecular weight excluding hydrogens is 397 g/mol. The summed E-state index contributed by atoms with van der Waals surface area (Å²) in [5.74, 6) is 0.154. The van der Waals surface area contributed by atoms with E-state index in [1.165, 1.54) is 0 Å². The molecule has 1 aliphatic heterocycles. The van der Waals surface area contributed by atoms with E-state index >= 15 is 0 Å². The van der Waals surface area contributed by atoms with E-state index in [2.05, 4.69) is 5.16 Å². The van der Waals surface area contributed by atoms with Crippen molar-refractivity contribution in [3.05, 3.63) is 81.3 Å². The molecule has 0 radical (unpaired) electrons. The first-order valence-electron chi connectivity index (χ1n) is 8.59. The molecule has 0 unspecified atom stereocenters. The number of carbonyl (C=O) groups is 1. The summed E-state index contributed by atoms with van der Waals surface area (Å²) >= 11 is 12.2. The highest BCUT2D eigenvalue weighted by Gasteiger charge is 2.23. The van der Waals surface area contributed by atoms with E-state index in [1.807, 2.05) is 42.5 Å². The Morgan fingerprint density at radius 1 is 1.11 bits per heavy atom. The van der Waals surface area contributed by atoms with Crippen LogP contribution in [-0.2, 0) is 16.2 Å². The Hall–Kier alpha value is -2.82. The van der Waals surface area contributed by atoms with Crippen molar-refractivity contribution in [2.75, 3.05) is 0 Å². The van der Waals surface area contributed by atoms with E-state index in [4.69, 9.17) is 32.8 Å². The van der Waals surface area contributed by atoms with Crippen LogP contribution < -0.4 is 4.74 Å². The number of hydrogen-bond donors (Lipinski definition) is 0. The molecule has 0 aliphatic carbocycles. The molecule has 0 saturated heterocycles. The summed E-state index contributed by atoms with van der Waals surface area (Å²) in [6, 6.07) is 17.0. The number of oxime groups is 1. The van der Waals surface area contributed by atoms with Gasteiger partial charge in [-0.15, -0.1) is 0 Å². The van der Waals surface area contributed by atoms with E-state index < -0.39 is 5.97 Å². The van der Waals surface area contributed by atoms with Gasteiger partial charge in [-0.2, -0.15) is 0 Å². The number of benzene rings is 3. The maximum Gasteiger partial charge on any atom is 0.367 e. The normalized spacial score (nSPS) is 15.0. The lowest BCUT2D eigenvalue weighted by Crippen LogP contribution is -2.03. The highest BCUT2D eigenvalue weighted by molar-refractivity contribution is 6.35. The average molecular weight is 412 g/mol. The molecule has 0 N–H and O–H groups in total. The zero-order valence-corrected chi connectivity index (χ0v) is 16.4. The highest BCUT2D eigenvalue weighted by Crippen LogP contribution is 2.32. The van der Waals surface area contributed by atoms with Gasteiger partial charge in [-0.3, -0.25) is 0 Å². The van der Waals surface area contributed by atoms with Crippen molar-refractivity contribution >= 4 is 51.7 Å². The van der Waals surface area contributed by atoms with Gasteiger partial charge < -0.3 is 9.57 Å². The topological polar surface area (TPSA) is 47.9 Å². The summed E-state index contributed by atoms with van der Waals surface area (Å²) in [4.78, 5) is 16.8. The van der Waals surface area contributed by atoms with Crippen LogP contribution in [-0.4, -0.2) is 11.7 Å². The highest BCUT2D eigenvalue weighted by atomic mass is 35.5. The molecule has 3 aromatic carbocycles. The summed E-state index contributed by atoms with van der Waals surface area (Å²) in [6.45, 7) is 2.00. The lowest BCUT2D eigenvalue weighted by atomic mass is 10.00. The van der Waals surface area contributed by atoms with Crippen LogP contribution in [0, 0.1) is 0 Å². The minimum atomic E-state index is -0.475. The number of ether oxygens (including phenoxy) is 1. The van der Waals surface area contributed by atoms with Crippen LogP contribution in [0.25, 0.3) is 16.8 Å². The Morgan fingerprint density at radius 3 is 2.68 bits per heavy atom. The monoisotopic (exact) mass is 411 g/mol. The van der Waals surface area contributed by atoms with Gasteiger partial charge in [0.2, 0.25) is 0 Å². The Balaban J connectivity index is 1.77. The van der Waals surface area contributed by atoms with Crippen LogP contribution >= 0.6 is 23.2 Å². The number of carbonyl (C=O) groups excluding carboxylic acids is 1. The van der Waals surface area contributed by atoms with Gasteiger partial charge in [0.25, 0.3) is 0 Å². The van der Waals surface area contributed by atoms with Crippen molar-refractivity contribution < 1.29 is 14.4 Å². The fourth-order valence-corrected chi connectivity index (χ4v) is 3.47. The van der Waals surface area contributed by atoms with Gasteiger partial charge in [0.05, 0.1) is 11.3 Å². The minimum absolute atomic E-state index is 0.266. The van der Waals surface area contributed by atoms with Gasteiger partial charge in [-0.1, -0.05) is 64.8 Å². The van der Waals surface area contributed by atoms with Crippen molar-refractivity contribution in [2.45, 2.75) is 13.5 Å². The fourth-order valence-electron chi connectivity index (χ4n) is 3.01. The molecule has 4 nitrogen and oxygen atoms in total. The second-order valence-electron chi connectivity index (χ2n) is 6.34. The molecule has 28 heavy (non-hydrogen) atoms. The second kappa shape index (κ2) is 7.66. The first kappa shape index (κ1) is 18.5. The third kappa shape index (κ3) is 3.61. The maximum atomic E-state index is 12.0. The molecule has 0 saturated carbocycles. The molecule has 0 aromatic heterocycles. The molecule has 0 bridgehead atoms. The van der Waals surface area contributed by atoms with Crippen LogP contribution in [0.15, 0.2) is 65.3 Å². The molecule has 1 aliphatic rings. The van der Waals surface area contributed by atoms with E-state index in [0.29, 0.717) is 27.1 Å². The Morgan fingerprint density at radius 2 is 1.93 bits per heavy atom. The number of halogens is 2. The summed E-state index contributed by atoms with van der Waals surface area (Å²) in [7, 11) is 0. The van der Waals surface area contributed by atoms with Gasteiger partial charge in [0.15, 0.2) is 0 Å². The van der Waals surface area contributed by atoms with Crippen LogP contribution in [0.2, 0.25) is 10.0 Å². The standard InChI is InChI=1S/C22H15Cl2NO3/c1-13-18(22(26)28-25-13)11-19-17-5-3-2-4-14(17)7-9-21(19)27-12-15-6-8-16(23)10-20(15)24/h2-11H,12H2,1H3/b18-11+. The van der Waals surface area contributed by atoms with Gasteiger partial charge in [-0.25, -0.2) is 4.79 Å². The van der Waals surface area contributed by atoms with Gasteiger partial charge in [-0.05, 0) is 42.0 Å². The third-order valence-corrected chi connectivity index (χ3v) is 5.08. The lowest BCUT2D eigenvalue weighted by molar-refractivity contribution is -0.136. The molecule has 1 heterocycles. The Labute approximate surface area is 172 Å². The molecule has 3 aromatic rings. The Kier molecular flexibility index (Phi) is 5.07. The van der Waals surface area contributed by atoms with Crippen molar-refractivity contribution in [2.24, 2.45) is 5.16 Å². The molecule has 4 rings (SSSR count). The summed E-state index contributed by atoms with van der Waals surface area (Å²) in [5, 5.41) is 6.85. The maximum absolute atomic E-state index is 12.0. The van der Waals surface area contributed by atoms with Crippen molar-refractivity contribution in [1.82, 2.24) is 0 Å². The van der Waals surface area contributed by atoms with E-state index in [1.54, 1.807) is 25.1 Å². The van der Waals surface area contributed by atoms with Crippen LogP contribution in [0.1, 0.15) is 18.1 Å². The molecule has 0 amide bonds. The van der Waals surface area contributed by atoms with Crippen molar-refractivity contribution in [1.29, 1.82) is 0 Å². The first-order valence-corrected chi connectivity index (χ1v) is 9.35. The van der Waals surface area contributed by atoms with Crippen LogP contribution in [0.3, 0.4) is 0 Å². The predicted octanol–water partition coefficient (Wildman–Crippen LogP) is 6.04. The number of fused-ring (bicyclic) bond motifs is 1. The molecule has 6 heteroatoms. The van der Waals surface area contributed by atoms with E-state index in [9.17, 15) is 4.79 Å². The zero-order valence-electron chi connectivity index (χ0n) is 14.9. The molecule has 0 fully saturated rings. The van der Waals surface area contributed by atoms with Gasteiger partial charge in [0.1, 0.15) is 12.4 Å². The second-order valence-corrected chi connectivity index (χ2v) is 7.18. The summed E-state index contributed by atoms with van der Waals surface area (Å²) in [6.07, 6.45) is 1.76. The van der Waals surface area contributed by atoms with Crippen molar-refractivity contribution in [3.8, 4) is 5.75 Å². The van der Waals surface area contributed by atoms with E-state index in [0.717, 1.165) is 21.9 Å². The Bertz CT molecular complexity index is 1150. The van der Waals surface area contributed by atoms with Crippen molar-refractivity contribution in [3.63, 3.8) is 0 Å². The van der Waals surface area contributed by atoms with Crippen LogP contribution in [0.5, 0.6) is 5.75 Å². The molecule has 0 atom stereocenters. The quantitative estimate of drug-likeness (QED) is 0.388. The molecule has 0 spiro atoms. The largest absolute Gasteiger partial charge is 0.488 e. The third-order valence-electron chi connectivity index (χ3n) is 4.49. The zero-order chi connectivity index (χ0) is 19.7. The minimum Gasteiger partial charge on any atom is -0.488 e. The SMILES string of the molecule is CC1=NOC(=O)/C1=C/c1c(OCc2ccc(Cl)cc2Cl)ccc2ccccc12. The fraction of sp³-hybridized carbons (Fsp3) is 0.0909. The average Bonchev–Trinajstić information content (AvgIpc) is 3.00. The predicted molar refractivity (Wildman–Crippen MR) is 112 cm³/mol. The molecule has 140 valence electrons. The number of nitrogens with zero attached hydrogens (tertiary/aromatic N) is 1. The number of hydrogen-bond acceptors (Lipinski definition) is 4. The van der Waals surface area contributed by atoms with Gasteiger partial charge in [0, 0.05) is 21.2 Å². The molecular formula is C22H15Cl2NO3.